The van der Waals surface area contributed by atoms with Crippen LogP contribution < -0.4 is 5.32 Å². The third-order valence-corrected chi connectivity index (χ3v) is 3.07. The first kappa shape index (κ1) is 13.3. The van der Waals surface area contributed by atoms with Gasteiger partial charge in [0.2, 0.25) is 0 Å². The molecule has 0 bridgehead atoms. The van der Waals surface area contributed by atoms with Crippen LogP contribution in [-0.2, 0) is 6.54 Å². The maximum absolute atomic E-state index is 9.63. The fraction of sp³-hybridized carbons (Fsp3) is 0.500. The molecule has 1 aromatic rings. The van der Waals surface area contributed by atoms with Gasteiger partial charge < -0.3 is 15.3 Å². The molecule has 3 nitrogen and oxygen atoms in total. The number of halogens is 1. The molecule has 0 spiro atoms. The summed E-state index contributed by atoms with van der Waals surface area (Å²) in [7, 11) is 4.08. The Balaban J connectivity index is 2.49. The summed E-state index contributed by atoms with van der Waals surface area (Å²) in [6.07, 6.45) is 0. The molecule has 0 aliphatic heterocycles. The monoisotopic (exact) mass is 242 g/mol. The van der Waals surface area contributed by atoms with Gasteiger partial charge in [-0.3, -0.25) is 0 Å². The van der Waals surface area contributed by atoms with E-state index in [0.29, 0.717) is 17.6 Å². The number of benzene rings is 1. The standard InChI is InChI=1S/C12H19ClN2O/c1-9(15(2)3)7-14-8-10-11(13)5-4-6-12(10)16/h4-6,9,14,16H,7-8H2,1-3H3. The van der Waals surface area contributed by atoms with Gasteiger partial charge in [0.1, 0.15) is 5.75 Å². The number of phenolic OH excluding ortho intramolecular Hbond substituents is 1. The summed E-state index contributed by atoms with van der Waals surface area (Å²) in [5, 5.41) is 13.5. The Kier molecular flexibility index (Phi) is 5.06. The van der Waals surface area contributed by atoms with Gasteiger partial charge in [-0.1, -0.05) is 17.7 Å². The second kappa shape index (κ2) is 6.09. The highest BCUT2D eigenvalue weighted by Gasteiger charge is 2.07. The molecule has 1 aromatic carbocycles. The summed E-state index contributed by atoms with van der Waals surface area (Å²) >= 11 is 6.00. The van der Waals surface area contributed by atoms with Crippen LogP contribution in [0.1, 0.15) is 12.5 Å². The van der Waals surface area contributed by atoms with Crippen molar-refractivity contribution in [1.29, 1.82) is 0 Å². The molecule has 0 amide bonds. The Hall–Kier alpha value is -0.770. The van der Waals surface area contributed by atoms with Crippen LogP contribution in [0.5, 0.6) is 5.75 Å². The van der Waals surface area contributed by atoms with Crippen molar-refractivity contribution in [3.05, 3.63) is 28.8 Å². The zero-order valence-electron chi connectivity index (χ0n) is 10.00. The average Bonchev–Trinajstić information content (AvgIpc) is 2.22. The SMILES string of the molecule is CC(CNCc1c(O)cccc1Cl)N(C)C. The molecule has 1 rings (SSSR count). The first-order valence-corrected chi connectivity index (χ1v) is 5.73. The topological polar surface area (TPSA) is 35.5 Å². The van der Waals surface area contributed by atoms with Crippen LogP contribution in [0.4, 0.5) is 0 Å². The van der Waals surface area contributed by atoms with E-state index < -0.39 is 0 Å². The molecule has 0 heterocycles. The summed E-state index contributed by atoms with van der Waals surface area (Å²) in [4.78, 5) is 2.14. The first-order valence-electron chi connectivity index (χ1n) is 5.36. The van der Waals surface area contributed by atoms with Gasteiger partial charge in [-0.15, -0.1) is 0 Å². The molecule has 16 heavy (non-hydrogen) atoms. The van der Waals surface area contributed by atoms with Crippen molar-refractivity contribution in [2.24, 2.45) is 0 Å². The normalized spacial score (nSPS) is 13.1. The summed E-state index contributed by atoms with van der Waals surface area (Å²) in [6, 6.07) is 5.62. The van der Waals surface area contributed by atoms with Gasteiger partial charge in [-0.2, -0.15) is 0 Å². The third kappa shape index (κ3) is 3.67. The minimum absolute atomic E-state index is 0.248. The number of aromatic hydroxyl groups is 1. The molecular formula is C12H19ClN2O. The number of phenols is 1. The number of nitrogens with zero attached hydrogens (tertiary/aromatic N) is 1. The predicted octanol–water partition coefficient (Wildman–Crippen LogP) is 2.09. The number of likely N-dealkylation sites (N-methyl/N-ethyl adjacent to an activating group) is 1. The van der Waals surface area contributed by atoms with Gasteiger partial charge >= 0.3 is 0 Å². The van der Waals surface area contributed by atoms with Gasteiger partial charge in [0.15, 0.2) is 0 Å². The lowest BCUT2D eigenvalue weighted by Gasteiger charge is -2.20. The highest BCUT2D eigenvalue weighted by Crippen LogP contribution is 2.24. The molecular weight excluding hydrogens is 224 g/mol. The summed E-state index contributed by atoms with van der Waals surface area (Å²) in [5.41, 5.74) is 0.759. The lowest BCUT2D eigenvalue weighted by atomic mass is 10.2. The van der Waals surface area contributed by atoms with Crippen LogP contribution in [0.3, 0.4) is 0 Å². The van der Waals surface area contributed by atoms with Gasteiger partial charge in [0.25, 0.3) is 0 Å². The second-order valence-electron chi connectivity index (χ2n) is 4.18. The molecule has 0 saturated carbocycles. The van der Waals surface area contributed by atoms with E-state index in [4.69, 9.17) is 11.6 Å². The molecule has 0 saturated heterocycles. The quantitative estimate of drug-likeness (QED) is 0.830. The molecule has 4 heteroatoms. The average molecular weight is 243 g/mol. The van der Waals surface area contributed by atoms with E-state index in [1.54, 1.807) is 18.2 Å². The molecule has 0 aromatic heterocycles. The predicted molar refractivity (Wildman–Crippen MR) is 68.0 cm³/mol. The second-order valence-corrected chi connectivity index (χ2v) is 4.59. The lowest BCUT2D eigenvalue weighted by Crippen LogP contribution is -2.35. The van der Waals surface area contributed by atoms with E-state index in [2.05, 4.69) is 17.1 Å². The largest absolute Gasteiger partial charge is 0.508 e. The fourth-order valence-electron chi connectivity index (χ4n) is 1.31. The highest BCUT2D eigenvalue weighted by atomic mass is 35.5. The van der Waals surface area contributed by atoms with Crippen molar-refractivity contribution in [3.8, 4) is 5.75 Å². The Labute approximate surface area is 102 Å². The van der Waals surface area contributed by atoms with Crippen LogP contribution in [0.15, 0.2) is 18.2 Å². The van der Waals surface area contributed by atoms with E-state index in [-0.39, 0.29) is 5.75 Å². The van der Waals surface area contributed by atoms with Gasteiger partial charge in [-0.05, 0) is 33.2 Å². The minimum Gasteiger partial charge on any atom is -0.508 e. The summed E-state index contributed by atoms with van der Waals surface area (Å²) in [6.45, 7) is 3.58. The van der Waals surface area contributed by atoms with Crippen molar-refractivity contribution in [2.45, 2.75) is 19.5 Å². The summed E-state index contributed by atoms with van der Waals surface area (Å²) < 4.78 is 0. The van der Waals surface area contributed by atoms with Crippen molar-refractivity contribution in [1.82, 2.24) is 10.2 Å². The van der Waals surface area contributed by atoms with E-state index in [9.17, 15) is 5.11 Å². The minimum atomic E-state index is 0.248. The number of hydrogen-bond donors (Lipinski definition) is 2. The first-order chi connectivity index (χ1) is 7.52. The van der Waals surface area contributed by atoms with Gasteiger partial charge in [-0.25, -0.2) is 0 Å². The van der Waals surface area contributed by atoms with Crippen molar-refractivity contribution in [3.63, 3.8) is 0 Å². The molecule has 1 atom stereocenters. The number of rotatable bonds is 5. The van der Waals surface area contributed by atoms with E-state index >= 15 is 0 Å². The molecule has 1 unspecified atom stereocenters. The maximum atomic E-state index is 9.63. The zero-order valence-corrected chi connectivity index (χ0v) is 10.8. The van der Waals surface area contributed by atoms with Crippen molar-refractivity contribution >= 4 is 11.6 Å². The smallest absolute Gasteiger partial charge is 0.121 e. The van der Waals surface area contributed by atoms with Crippen molar-refractivity contribution < 1.29 is 5.11 Å². The van der Waals surface area contributed by atoms with E-state index in [1.807, 2.05) is 14.1 Å². The van der Waals surface area contributed by atoms with Crippen LogP contribution in [-0.4, -0.2) is 36.7 Å². The molecule has 2 N–H and O–H groups in total. The third-order valence-electron chi connectivity index (χ3n) is 2.72. The highest BCUT2D eigenvalue weighted by molar-refractivity contribution is 6.31. The molecule has 90 valence electrons. The van der Waals surface area contributed by atoms with Gasteiger partial charge in [0.05, 0.1) is 0 Å². The Morgan fingerprint density at radius 3 is 2.69 bits per heavy atom. The van der Waals surface area contributed by atoms with Crippen LogP contribution >= 0.6 is 11.6 Å². The zero-order chi connectivity index (χ0) is 12.1. The molecule has 0 fully saturated rings. The molecule has 0 aliphatic rings. The Bertz CT molecular complexity index is 322. The lowest BCUT2D eigenvalue weighted by molar-refractivity contribution is 0.302. The van der Waals surface area contributed by atoms with E-state index in [0.717, 1.165) is 12.1 Å². The Morgan fingerprint density at radius 2 is 2.12 bits per heavy atom. The molecule has 0 radical (unpaired) electrons. The van der Waals surface area contributed by atoms with Crippen LogP contribution in [0, 0.1) is 0 Å². The maximum Gasteiger partial charge on any atom is 0.121 e. The number of nitrogens with one attached hydrogen (secondary N) is 1. The molecule has 0 aliphatic carbocycles. The van der Waals surface area contributed by atoms with Crippen LogP contribution in [0.2, 0.25) is 5.02 Å². The van der Waals surface area contributed by atoms with E-state index in [1.165, 1.54) is 0 Å². The Morgan fingerprint density at radius 1 is 1.44 bits per heavy atom. The summed E-state index contributed by atoms with van der Waals surface area (Å²) in [5.74, 6) is 0.248. The van der Waals surface area contributed by atoms with Crippen LogP contribution in [0.25, 0.3) is 0 Å². The number of hydrogen-bond acceptors (Lipinski definition) is 3. The fourth-order valence-corrected chi connectivity index (χ4v) is 1.55. The van der Waals surface area contributed by atoms with Crippen molar-refractivity contribution in [2.75, 3.05) is 20.6 Å². The van der Waals surface area contributed by atoms with Gasteiger partial charge in [0, 0.05) is 29.7 Å².